The fourth-order valence-corrected chi connectivity index (χ4v) is 2.15. The summed E-state index contributed by atoms with van der Waals surface area (Å²) in [6, 6.07) is 0. The second-order valence-electron chi connectivity index (χ2n) is 5.40. The Morgan fingerprint density at radius 2 is 1.11 bits per heavy atom. The number of nitrogens with two attached hydrogens (primary N) is 1. The Labute approximate surface area is 121 Å². The highest BCUT2D eigenvalue weighted by Gasteiger charge is 1.90. The van der Waals surface area contributed by atoms with Crippen molar-refractivity contribution in [1.29, 1.82) is 0 Å². The standard InChI is InChI=1S/C18H35N/c1-2-3-4-5-6-7-8-9-10-11-12-13-14-15-16-17-18-19/h6-9H,2-5,10-19H2,1H3. The first-order valence-electron chi connectivity index (χ1n) is 8.43. The highest BCUT2D eigenvalue weighted by atomic mass is 14.5. The lowest BCUT2D eigenvalue weighted by Gasteiger charge is -1.99. The SMILES string of the molecule is CCCCCC=CC=CCCCCCCCCCN. The molecule has 112 valence electrons. The summed E-state index contributed by atoms with van der Waals surface area (Å²) in [4.78, 5) is 0. The molecule has 1 nitrogen and oxygen atoms in total. The van der Waals surface area contributed by atoms with Gasteiger partial charge in [0.2, 0.25) is 0 Å². The molecule has 0 saturated heterocycles. The van der Waals surface area contributed by atoms with Crippen LogP contribution < -0.4 is 5.73 Å². The molecular weight excluding hydrogens is 230 g/mol. The van der Waals surface area contributed by atoms with Gasteiger partial charge in [-0.25, -0.2) is 0 Å². The first-order valence-corrected chi connectivity index (χ1v) is 8.43. The summed E-state index contributed by atoms with van der Waals surface area (Å²) in [5, 5.41) is 0. The molecule has 0 unspecified atom stereocenters. The van der Waals surface area contributed by atoms with Crippen molar-refractivity contribution >= 4 is 0 Å². The Morgan fingerprint density at radius 1 is 0.632 bits per heavy atom. The molecule has 0 spiro atoms. The van der Waals surface area contributed by atoms with Crippen LogP contribution in [0.5, 0.6) is 0 Å². The summed E-state index contributed by atoms with van der Waals surface area (Å²) in [6.07, 6.45) is 24.9. The van der Waals surface area contributed by atoms with Crippen molar-refractivity contribution in [3.63, 3.8) is 0 Å². The second kappa shape index (κ2) is 17.4. The summed E-state index contributed by atoms with van der Waals surface area (Å²) in [5.74, 6) is 0. The lowest BCUT2D eigenvalue weighted by Crippen LogP contribution is -1.97. The van der Waals surface area contributed by atoms with E-state index in [-0.39, 0.29) is 0 Å². The number of rotatable bonds is 14. The molecule has 0 saturated carbocycles. The van der Waals surface area contributed by atoms with Gasteiger partial charge in [0, 0.05) is 0 Å². The quantitative estimate of drug-likeness (QED) is 0.314. The minimum absolute atomic E-state index is 0.858. The maximum Gasteiger partial charge on any atom is -0.00773 e. The zero-order valence-corrected chi connectivity index (χ0v) is 13.1. The minimum Gasteiger partial charge on any atom is -0.330 e. The molecule has 19 heavy (non-hydrogen) atoms. The molecule has 2 N–H and O–H groups in total. The van der Waals surface area contributed by atoms with Crippen molar-refractivity contribution in [2.75, 3.05) is 6.54 Å². The molecule has 0 heterocycles. The van der Waals surface area contributed by atoms with Crippen molar-refractivity contribution in [3.8, 4) is 0 Å². The van der Waals surface area contributed by atoms with Crippen LogP contribution in [0.3, 0.4) is 0 Å². The van der Waals surface area contributed by atoms with Crippen molar-refractivity contribution in [2.45, 2.75) is 84.0 Å². The van der Waals surface area contributed by atoms with Gasteiger partial charge < -0.3 is 5.73 Å². The predicted molar refractivity (Wildman–Crippen MR) is 88.4 cm³/mol. The van der Waals surface area contributed by atoms with Crippen molar-refractivity contribution in [3.05, 3.63) is 24.3 Å². The third kappa shape index (κ3) is 17.4. The Bertz CT molecular complexity index is 206. The molecule has 0 atom stereocenters. The normalized spacial score (nSPS) is 11.9. The van der Waals surface area contributed by atoms with Gasteiger partial charge in [-0.3, -0.25) is 0 Å². The highest BCUT2D eigenvalue weighted by Crippen LogP contribution is 2.08. The second-order valence-corrected chi connectivity index (χ2v) is 5.40. The lowest BCUT2D eigenvalue weighted by atomic mass is 10.1. The molecule has 0 aromatic heterocycles. The first-order chi connectivity index (χ1) is 9.41. The topological polar surface area (TPSA) is 26.0 Å². The minimum atomic E-state index is 0.858. The zero-order valence-electron chi connectivity index (χ0n) is 13.1. The molecule has 0 amide bonds. The summed E-state index contributed by atoms with van der Waals surface area (Å²) in [5.41, 5.74) is 5.47. The maximum absolute atomic E-state index is 5.47. The van der Waals surface area contributed by atoms with E-state index in [0.29, 0.717) is 0 Å². The van der Waals surface area contributed by atoms with E-state index < -0.39 is 0 Å². The van der Waals surface area contributed by atoms with Crippen LogP contribution in [0.2, 0.25) is 0 Å². The first kappa shape index (κ1) is 18.4. The van der Waals surface area contributed by atoms with Gasteiger partial charge in [-0.2, -0.15) is 0 Å². The molecule has 0 aliphatic rings. The third-order valence-electron chi connectivity index (χ3n) is 3.43. The fourth-order valence-electron chi connectivity index (χ4n) is 2.15. The zero-order chi connectivity index (χ0) is 14.0. The largest absolute Gasteiger partial charge is 0.330 e. The molecular formula is C18H35N. The molecule has 0 rings (SSSR count). The molecule has 0 radical (unpaired) electrons. The smallest absolute Gasteiger partial charge is 0.00773 e. The number of hydrogen-bond acceptors (Lipinski definition) is 1. The average molecular weight is 265 g/mol. The molecule has 0 aromatic rings. The molecule has 0 fully saturated rings. The van der Waals surface area contributed by atoms with Crippen LogP contribution >= 0.6 is 0 Å². The van der Waals surface area contributed by atoms with Crippen LogP contribution in [0, 0.1) is 0 Å². The van der Waals surface area contributed by atoms with Gasteiger partial charge >= 0.3 is 0 Å². The number of unbranched alkanes of at least 4 members (excludes halogenated alkanes) is 10. The summed E-state index contributed by atoms with van der Waals surface area (Å²) in [7, 11) is 0. The van der Waals surface area contributed by atoms with Crippen LogP contribution in [0.4, 0.5) is 0 Å². The van der Waals surface area contributed by atoms with E-state index in [9.17, 15) is 0 Å². The van der Waals surface area contributed by atoms with E-state index in [1.807, 2.05) is 0 Å². The van der Waals surface area contributed by atoms with Gasteiger partial charge in [0.1, 0.15) is 0 Å². The molecule has 0 aliphatic heterocycles. The van der Waals surface area contributed by atoms with Crippen LogP contribution in [0.1, 0.15) is 84.0 Å². The average Bonchev–Trinajstić information content (AvgIpc) is 2.43. The summed E-state index contributed by atoms with van der Waals surface area (Å²) < 4.78 is 0. The maximum atomic E-state index is 5.47. The van der Waals surface area contributed by atoms with E-state index in [1.54, 1.807) is 0 Å². The van der Waals surface area contributed by atoms with Crippen LogP contribution in [0.25, 0.3) is 0 Å². The van der Waals surface area contributed by atoms with Gasteiger partial charge in [-0.05, 0) is 38.6 Å². The molecule has 0 aromatic carbocycles. The molecule has 0 aliphatic carbocycles. The third-order valence-corrected chi connectivity index (χ3v) is 3.43. The lowest BCUT2D eigenvalue weighted by molar-refractivity contribution is 0.584. The molecule has 0 bridgehead atoms. The van der Waals surface area contributed by atoms with E-state index in [2.05, 4.69) is 31.2 Å². The van der Waals surface area contributed by atoms with Gasteiger partial charge in [0.15, 0.2) is 0 Å². The van der Waals surface area contributed by atoms with Crippen molar-refractivity contribution < 1.29 is 0 Å². The van der Waals surface area contributed by atoms with Crippen molar-refractivity contribution in [2.24, 2.45) is 5.73 Å². The fraction of sp³-hybridized carbons (Fsp3) is 0.778. The number of hydrogen-bond donors (Lipinski definition) is 1. The Kier molecular flexibility index (Phi) is 16.9. The van der Waals surface area contributed by atoms with Crippen LogP contribution in [0.15, 0.2) is 24.3 Å². The molecule has 1 heteroatoms. The van der Waals surface area contributed by atoms with E-state index in [1.165, 1.54) is 77.0 Å². The summed E-state index contributed by atoms with van der Waals surface area (Å²) in [6.45, 7) is 3.11. The van der Waals surface area contributed by atoms with E-state index in [4.69, 9.17) is 5.73 Å². The Morgan fingerprint density at radius 3 is 1.63 bits per heavy atom. The van der Waals surface area contributed by atoms with Gasteiger partial charge in [-0.15, -0.1) is 0 Å². The highest BCUT2D eigenvalue weighted by molar-refractivity contribution is 5.02. The van der Waals surface area contributed by atoms with E-state index >= 15 is 0 Å². The Hall–Kier alpha value is -0.560. The Balaban J connectivity index is 3.12. The summed E-state index contributed by atoms with van der Waals surface area (Å²) >= 11 is 0. The van der Waals surface area contributed by atoms with E-state index in [0.717, 1.165) is 6.54 Å². The van der Waals surface area contributed by atoms with Gasteiger partial charge in [0.25, 0.3) is 0 Å². The van der Waals surface area contributed by atoms with Gasteiger partial charge in [-0.1, -0.05) is 76.2 Å². The number of allylic oxidation sites excluding steroid dienone is 4. The van der Waals surface area contributed by atoms with Crippen LogP contribution in [-0.4, -0.2) is 6.54 Å². The predicted octanol–water partition coefficient (Wildman–Crippen LogP) is 5.76. The van der Waals surface area contributed by atoms with Gasteiger partial charge in [0.05, 0.1) is 0 Å². The van der Waals surface area contributed by atoms with Crippen molar-refractivity contribution in [1.82, 2.24) is 0 Å². The van der Waals surface area contributed by atoms with Crippen LogP contribution in [-0.2, 0) is 0 Å². The monoisotopic (exact) mass is 265 g/mol.